The van der Waals surface area contributed by atoms with Crippen molar-refractivity contribution in [3.8, 4) is 23.1 Å². The monoisotopic (exact) mass is 211 g/mol. The SMILES string of the molecule is NCCC#Cc1ccc(-c2ccn[nH]2)cc1. The van der Waals surface area contributed by atoms with Crippen molar-refractivity contribution in [3.63, 3.8) is 0 Å². The lowest BCUT2D eigenvalue weighted by atomic mass is 10.1. The molecule has 0 fully saturated rings. The lowest BCUT2D eigenvalue weighted by Gasteiger charge is -1.96. The second-order valence-electron chi connectivity index (χ2n) is 3.39. The topological polar surface area (TPSA) is 54.7 Å². The van der Waals surface area contributed by atoms with Gasteiger partial charge >= 0.3 is 0 Å². The Morgan fingerprint density at radius 2 is 2.00 bits per heavy atom. The summed E-state index contributed by atoms with van der Waals surface area (Å²) in [5.74, 6) is 6.07. The highest BCUT2D eigenvalue weighted by Gasteiger charge is 1.97. The van der Waals surface area contributed by atoms with E-state index in [-0.39, 0.29) is 0 Å². The van der Waals surface area contributed by atoms with Crippen molar-refractivity contribution in [2.75, 3.05) is 6.54 Å². The van der Waals surface area contributed by atoms with Gasteiger partial charge in [-0.25, -0.2) is 0 Å². The van der Waals surface area contributed by atoms with Crippen LogP contribution in [0, 0.1) is 11.8 Å². The van der Waals surface area contributed by atoms with Crippen LogP contribution >= 0.6 is 0 Å². The summed E-state index contributed by atoms with van der Waals surface area (Å²) in [6.07, 6.45) is 2.48. The van der Waals surface area contributed by atoms with Gasteiger partial charge in [0.05, 0.1) is 5.69 Å². The zero-order valence-corrected chi connectivity index (χ0v) is 8.90. The second kappa shape index (κ2) is 5.15. The zero-order chi connectivity index (χ0) is 11.2. The predicted octanol–water partition coefficient (Wildman–Crippen LogP) is 1.78. The van der Waals surface area contributed by atoms with E-state index in [1.165, 1.54) is 0 Å². The molecule has 1 aromatic carbocycles. The highest BCUT2D eigenvalue weighted by atomic mass is 15.1. The maximum Gasteiger partial charge on any atom is 0.0650 e. The Hall–Kier alpha value is -2.05. The van der Waals surface area contributed by atoms with Crippen molar-refractivity contribution in [1.82, 2.24) is 10.2 Å². The fourth-order valence-electron chi connectivity index (χ4n) is 1.39. The molecule has 0 aliphatic carbocycles. The average Bonchev–Trinajstić information content (AvgIpc) is 2.84. The van der Waals surface area contributed by atoms with E-state index in [0.29, 0.717) is 6.54 Å². The minimum Gasteiger partial charge on any atom is -0.330 e. The van der Waals surface area contributed by atoms with Gasteiger partial charge in [-0.05, 0) is 23.8 Å². The van der Waals surface area contributed by atoms with Crippen LogP contribution in [0.3, 0.4) is 0 Å². The van der Waals surface area contributed by atoms with Crippen molar-refractivity contribution in [3.05, 3.63) is 42.1 Å². The van der Waals surface area contributed by atoms with Crippen LogP contribution in [0.4, 0.5) is 0 Å². The second-order valence-corrected chi connectivity index (χ2v) is 3.39. The highest BCUT2D eigenvalue weighted by Crippen LogP contribution is 2.15. The molecule has 0 unspecified atom stereocenters. The summed E-state index contributed by atoms with van der Waals surface area (Å²) in [4.78, 5) is 0. The van der Waals surface area contributed by atoms with Gasteiger partial charge in [-0.15, -0.1) is 0 Å². The predicted molar refractivity (Wildman–Crippen MR) is 64.6 cm³/mol. The number of hydrogen-bond acceptors (Lipinski definition) is 2. The summed E-state index contributed by atoms with van der Waals surface area (Å²) in [7, 11) is 0. The summed E-state index contributed by atoms with van der Waals surface area (Å²) in [6, 6.07) is 9.99. The molecule has 16 heavy (non-hydrogen) atoms. The Labute approximate surface area is 94.7 Å². The van der Waals surface area contributed by atoms with E-state index in [2.05, 4.69) is 22.0 Å². The lowest BCUT2D eigenvalue weighted by molar-refractivity contribution is 1.03. The Balaban J connectivity index is 2.15. The first kappa shape index (κ1) is 10.5. The van der Waals surface area contributed by atoms with Crippen LogP contribution in [-0.4, -0.2) is 16.7 Å². The molecule has 1 heterocycles. The standard InChI is InChI=1S/C13H13N3/c14-9-2-1-3-11-4-6-12(7-5-11)13-8-10-15-16-13/h4-8,10H,2,9,14H2,(H,15,16). The fraction of sp³-hybridized carbons (Fsp3) is 0.154. The summed E-state index contributed by atoms with van der Waals surface area (Å²) in [6.45, 7) is 0.610. The molecule has 0 atom stereocenters. The Morgan fingerprint density at radius 3 is 2.62 bits per heavy atom. The van der Waals surface area contributed by atoms with E-state index in [1.807, 2.05) is 30.3 Å². The number of rotatable bonds is 2. The van der Waals surface area contributed by atoms with Gasteiger partial charge in [0.2, 0.25) is 0 Å². The van der Waals surface area contributed by atoms with Gasteiger partial charge in [-0.1, -0.05) is 24.0 Å². The first-order valence-corrected chi connectivity index (χ1v) is 5.19. The summed E-state index contributed by atoms with van der Waals surface area (Å²) in [5.41, 5.74) is 8.51. The van der Waals surface area contributed by atoms with Crippen LogP contribution in [0.2, 0.25) is 0 Å². The van der Waals surface area contributed by atoms with Crippen molar-refractivity contribution in [2.45, 2.75) is 6.42 Å². The first-order valence-electron chi connectivity index (χ1n) is 5.19. The Bertz CT molecular complexity index is 486. The number of aromatic nitrogens is 2. The summed E-state index contributed by atoms with van der Waals surface area (Å²) >= 11 is 0. The van der Waals surface area contributed by atoms with Crippen molar-refractivity contribution in [2.24, 2.45) is 5.73 Å². The van der Waals surface area contributed by atoms with Gasteiger partial charge in [0, 0.05) is 24.7 Å². The lowest BCUT2D eigenvalue weighted by Crippen LogP contribution is -1.95. The van der Waals surface area contributed by atoms with Gasteiger partial charge < -0.3 is 5.73 Å². The summed E-state index contributed by atoms with van der Waals surface area (Å²) in [5, 5.41) is 6.84. The van der Waals surface area contributed by atoms with Crippen molar-refractivity contribution in [1.29, 1.82) is 0 Å². The van der Waals surface area contributed by atoms with Gasteiger partial charge in [0.25, 0.3) is 0 Å². The zero-order valence-electron chi connectivity index (χ0n) is 8.90. The molecule has 3 nitrogen and oxygen atoms in total. The maximum atomic E-state index is 5.37. The quantitative estimate of drug-likeness (QED) is 0.744. The molecule has 0 amide bonds. The molecule has 0 aliphatic rings. The van der Waals surface area contributed by atoms with Crippen molar-refractivity contribution < 1.29 is 0 Å². The molecule has 0 saturated carbocycles. The molecule has 0 radical (unpaired) electrons. The number of aromatic amines is 1. The van der Waals surface area contributed by atoms with Gasteiger partial charge in [0.15, 0.2) is 0 Å². The minimum absolute atomic E-state index is 0.610. The molecule has 0 bridgehead atoms. The van der Waals surface area contributed by atoms with E-state index < -0.39 is 0 Å². The number of nitrogens with two attached hydrogens (primary N) is 1. The summed E-state index contributed by atoms with van der Waals surface area (Å²) < 4.78 is 0. The third-order valence-electron chi connectivity index (χ3n) is 2.20. The Morgan fingerprint density at radius 1 is 1.19 bits per heavy atom. The number of benzene rings is 1. The smallest absolute Gasteiger partial charge is 0.0650 e. The van der Waals surface area contributed by atoms with E-state index in [4.69, 9.17) is 5.73 Å². The fourth-order valence-corrected chi connectivity index (χ4v) is 1.39. The molecular weight excluding hydrogens is 198 g/mol. The molecule has 1 aromatic heterocycles. The van der Waals surface area contributed by atoms with E-state index >= 15 is 0 Å². The van der Waals surface area contributed by atoms with Crippen molar-refractivity contribution >= 4 is 0 Å². The molecule has 2 rings (SSSR count). The van der Waals surface area contributed by atoms with Crippen LogP contribution in [-0.2, 0) is 0 Å². The van der Waals surface area contributed by atoms with E-state index in [9.17, 15) is 0 Å². The normalized spacial score (nSPS) is 9.56. The van der Waals surface area contributed by atoms with Gasteiger partial charge in [0.1, 0.15) is 0 Å². The van der Waals surface area contributed by atoms with Crippen LogP contribution < -0.4 is 5.73 Å². The van der Waals surface area contributed by atoms with Gasteiger partial charge in [-0.3, -0.25) is 5.10 Å². The van der Waals surface area contributed by atoms with Crippen LogP contribution in [0.1, 0.15) is 12.0 Å². The third-order valence-corrected chi connectivity index (χ3v) is 2.20. The van der Waals surface area contributed by atoms with Crippen LogP contribution in [0.5, 0.6) is 0 Å². The average molecular weight is 211 g/mol. The van der Waals surface area contributed by atoms with Gasteiger partial charge in [-0.2, -0.15) is 5.10 Å². The molecular formula is C13H13N3. The largest absolute Gasteiger partial charge is 0.330 e. The Kier molecular flexibility index (Phi) is 3.37. The number of hydrogen-bond donors (Lipinski definition) is 2. The molecule has 3 heteroatoms. The highest BCUT2D eigenvalue weighted by molar-refractivity contribution is 5.59. The molecule has 80 valence electrons. The maximum absolute atomic E-state index is 5.37. The number of nitrogens with one attached hydrogen (secondary N) is 1. The first-order chi connectivity index (χ1) is 7.90. The minimum atomic E-state index is 0.610. The van der Waals surface area contributed by atoms with Crippen LogP contribution in [0.15, 0.2) is 36.5 Å². The third kappa shape index (κ3) is 2.50. The van der Waals surface area contributed by atoms with E-state index in [1.54, 1.807) is 6.20 Å². The number of nitrogens with zero attached hydrogens (tertiary/aromatic N) is 1. The van der Waals surface area contributed by atoms with E-state index in [0.717, 1.165) is 23.2 Å². The number of H-pyrrole nitrogens is 1. The molecule has 2 aromatic rings. The molecule has 0 aliphatic heterocycles. The van der Waals surface area contributed by atoms with Crippen LogP contribution in [0.25, 0.3) is 11.3 Å². The molecule has 0 saturated heterocycles. The molecule has 3 N–H and O–H groups in total. The molecule has 0 spiro atoms.